The number of hydrogen-bond donors (Lipinski definition) is 2. The lowest BCUT2D eigenvalue weighted by atomic mass is 9.64. The zero-order valence-electron chi connectivity index (χ0n) is 16.3. The van der Waals surface area contributed by atoms with Crippen molar-refractivity contribution in [3.8, 4) is 0 Å². The van der Waals surface area contributed by atoms with Crippen molar-refractivity contribution < 1.29 is 4.79 Å². The number of carbonyl (C=O) groups is 1. The minimum absolute atomic E-state index is 0.186. The minimum Gasteiger partial charge on any atom is -0.357 e. The van der Waals surface area contributed by atoms with Crippen LogP contribution >= 0.6 is 15.9 Å². The van der Waals surface area contributed by atoms with Gasteiger partial charge in [-0.25, -0.2) is 0 Å². The molecule has 1 saturated heterocycles. The number of carbonyl (C=O) groups excluding carboxylic acids is 1. The fourth-order valence-electron chi connectivity index (χ4n) is 3.93. The zero-order chi connectivity index (χ0) is 19.1. The second-order valence-electron chi connectivity index (χ2n) is 7.60. The molecule has 0 bridgehead atoms. The molecule has 2 aliphatic rings. The van der Waals surface area contributed by atoms with Crippen LogP contribution in [0, 0.1) is 0 Å². The molecule has 2 N–H and O–H groups in total. The van der Waals surface area contributed by atoms with Crippen molar-refractivity contribution >= 4 is 27.8 Å². The van der Waals surface area contributed by atoms with E-state index in [9.17, 15) is 4.79 Å². The van der Waals surface area contributed by atoms with Crippen molar-refractivity contribution in [2.45, 2.75) is 50.9 Å². The molecule has 27 heavy (non-hydrogen) atoms. The number of nitrogens with one attached hydrogen (secondary N) is 2. The van der Waals surface area contributed by atoms with E-state index in [1.54, 1.807) is 0 Å². The van der Waals surface area contributed by atoms with E-state index in [1.807, 2.05) is 4.90 Å². The average Bonchev–Trinajstić information content (AvgIpc) is 3.04. The molecular weight excluding hydrogens is 404 g/mol. The normalized spacial score (nSPS) is 19.1. The summed E-state index contributed by atoms with van der Waals surface area (Å²) in [5.74, 6) is 1.19. The second kappa shape index (κ2) is 9.58. The van der Waals surface area contributed by atoms with Crippen LogP contribution in [0.4, 0.5) is 0 Å². The lowest BCUT2D eigenvalue weighted by Gasteiger charge is -2.41. The molecule has 0 spiro atoms. The maximum absolute atomic E-state index is 11.7. The van der Waals surface area contributed by atoms with Crippen molar-refractivity contribution in [1.82, 2.24) is 15.5 Å². The first-order valence-corrected chi connectivity index (χ1v) is 11.0. The van der Waals surface area contributed by atoms with Gasteiger partial charge in [-0.15, -0.1) is 0 Å². The van der Waals surface area contributed by atoms with Gasteiger partial charge in [0.05, 0.1) is 6.54 Å². The number of aliphatic imine (C=N–C) groups is 1. The standard InChI is InChI=1S/C21H31BrN4O/c1-2-23-20(24-13-5-15-26-14-3-6-19(26)27)25-16-21(11-4-12-21)17-7-9-18(22)10-8-17/h7-10H,2-6,11-16H2,1H3,(H2,23,24,25). The first kappa shape index (κ1) is 20.2. The van der Waals surface area contributed by atoms with Gasteiger partial charge in [-0.2, -0.15) is 0 Å². The number of likely N-dealkylation sites (tertiary alicyclic amines) is 1. The summed E-state index contributed by atoms with van der Waals surface area (Å²) in [6.07, 6.45) is 6.36. The van der Waals surface area contributed by atoms with Crippen LogP contribution in [-0.2, 0) is 10.2 Å². The van der Waals surface area contributed by atoms with Gasteiger partial charge in [0, 0.05) is 42.5 Å². The van der Waals surface area contributed by atoms with Crippen molar-refractivity contribution in [3.63, 3.8) is 0 Å². The molecule has 0 radical (unpaired) electrons. The van der Waals surface area contributed by atoms with Gasteiger partial charge < -0.3 is 15.5 Å². The van der Waals surface area contributed by atoms with Crippen molar-refractivity contribution in [1.29, 1.82) is 0 Å². The summed E-state index contributed by atoms with van der Waals surface area (Å²) in [4.78, 5) is 18.5. The molecule has 0 unspecified atom stereocenters. The molecule has 0 atom stereocenters. The highest BCUT2D eigenvalue weighted by Crippen LogP contribution is 2.44. The highest BCUT2D eigenvalue weighted by Gasteiger charge is 2.38. The molecule has 148 valence electrons. The van der Waals surface area contributed by atoms with Crippen LogP contribution in [0.15, 0.2) is 33.7 Å². The molecule has 1 aliphatic heterocycles. The van der Waals surface area contributed by atoms with Crippen LogP contribution in [0.5, 0.6) is 0 Å². The lowest BCUT2D eigenvalue weighted by molar-refractivity contribution is -0.127. The number of rotatable bonds is 8. The maximum atomic E-state index is 11.7. The van der Waals surface area contributed by atoms with Gasteiger partial charge in [-0.3, -0.25) is 9.79 Å². The molecular formula is C21H31BrN4O. The number of benzene rings is 1. The van der Waals surface area contributed by atoms with Crippen LogP contribution in [0.3, 0.4) is 0 Å². The highest BCUT2D eigenvalue weighted by atomic mass is 79.9. The van der Waals surface area contributed by atoms with Crippen LogP contribution in [0.2, 0.25) is 0 Å². The van der Waals surface area contributed by atoms with Gasteiger partial charge >= 0.3 is 0 Å². The van der Waals surface area contributed by atoms with E-state index in [-0.39, 0.29) is 5.41 Å². The Hall–Kier alpha value is -1.56. The highest BCUT2D eigenvalue weighted by molar-refractivity contribution is 9.10. The predicted octanol–water partition coefficient (Wildman–Crippen LogP) is 3.44. The molecule has 0 aromatic heterocycles. The van der Waals surface area contributed by atoms with Gasteiger partial charge in [-0.05, 0) is 50.3 Å². The van der Waals surface area contributed by atoms with E-state index in [0.717, 1.165) is 62.4 Å². The summed E-state index contributed by atoms with van der Waals surface area (Å²) < 4.78 is 1.12. The summed E-state index contributed by atoms with van der Waals surface area (Å²) in [5, 5.41) is 6.79. The first-order chi connectivity index (χ1) is 13.1. The van der Waals surface area contributed by atoms with E-state index in [1.165, 1.54) is 24.8 Å². The Labute approximate surface area is 171 Å². The SMILES string of the molecule is CCNC(=NCC1(c2ccc(Br)cc2)CCC1)NCCCN1CCCC1=O. The Kier molecular flexibility index (Phi) is 7.16. The monoisotopic (exact) mass is 434 g/mol. The molecule has 1 saturated carbocycles. The zero-order valence-corrected chi connectivity index (χ0v) is 17.9. The summed E-state index contributed by atoms with van der Waals surface area (Å²) in [6.45, 7) is 6.35. The largest absolute Gasteiger partial charge is 0.357 e. The van der Waals surface area contributed by atoms with Gasteiger partial charge in [0.2, 0.25) is 5.91 Å². The summed E-state index contributed by atoms with van der Waals surface area (Å²) >= 11 is 3.53. The maximum Gasteiger partial charge on any atom is 0.222 e. The van der Waals surface area contributed by atoms with E-state index >= 15 is 0 Å². The van der Waals surface area contributed by atoms with Crippen molar-refractivity contribution in [2.75, 3.05) is 32.7 Å². The van der Waals surface area contributed by atoms with Crippen LogP contribution in [0.25, 0.3) is 0 Å². The number of hydrogen-bond acceptors (Lipinski definition) is 2. The Bertz CT molecular complexity index is 655. The second-order valence-corrected chi connectivity index (χ2v) is 8.52. The molecule has 1 heterocycles. The Morgan fingerprint density at radius 1 is 1.22 bits per heavy atom. The van der Waals surface area contributed by atoms with Gasteiger partial charge in [0.25, 0.3) is 0 Å². The fourth-order valence-corrected chi connectivity index (χ4v) is 4.20. The molecule has 1 aliphatic carbocycles. The predicted molar refractivity (Wildman–Crippen MR) is 114 cm³/mol. The Balaban J connectivity index is 1.52. The number of nitrogens with zero attached hydrogens (tertiary/aromatic N) is 2. The quantitative estimate of drug-likeness (QED) is 0.374. The Morgan fingerprint density at radius 3 is 2.59 bits per heavy atom. The number of guanidine groups is 1. The third-order valence-electron chi connectivity index (χ3n) is 5.72. The van der Waals surface area contributed by atoms with Crippen LogP contribution in [-0.4, -0.2) is 49.5 Å². The number of halogens is 1. The lowest BCUT2D eigenvalue weighted by Crippen LogP contribution is -2.42. The van der Waals surface area contributed by atoms with Gasteiger partial charge in [0.15, 0.2) is 5.96 Å². The van der Waals surface area contributed by atoms with Crippen LogP contribution < -0.4 is 10.6 Å². The van der Waals surface area contributed by atoms with Gasteiger partial charge in [-0.1, -0.05) is 34.5 Å². The smallest absolute Gasteiger partial charge is 0.222 e. The van der Waals surface area contributed by atoms with E-state index in [4.69, 9.17) is 4.99 Å². The average molecular weight is 435 g/mol. The summed E-state index contributed by atoms with van der Waals surface area (Å²) in [7, 11) is 0. The van der Waals surface area contributed by atoms with E-state index in [2.05, 4.69) is 57.8 Å². The molecule has 2 fully saturated rings. The summed E-state index contributed by atoms with van der Waals surface area (Å²) in [6, 6.07) is 8.71. The van der Waals surface area contributed by atoms with Crippen molar-refractivity contribution in [2.24, 2.45) is 4.99 Å². The van der Waals surface area contributed by atoms with E-state index < -0.39 is 0 Å². The third-order valence-corrected chi connectivity index (χ3v) is 6.25. The molecule has 1 aromatic carbocycles. The number of amides is 1. The molecule has 1 aromatic rings. The third kappa shape index (κ3) is 5.24. The van der Waals surface area contributed by atoms with Crippen LogP contribution in [0.1, 0.15) is 51.0 Å². The Morgan fingerprint density at radius 2 is 2.00 bits per heavy atom. The van der Waals surface area contributed by atoms with E-state index in [0.29, 0.717) is 5.91 Å². The van der Waals surface area contributed by atoms with Crippen molar-refractivity contribution in [3.05, 3.63) is 34.3 Å². The minimum atomic E-state index is 0.186. The molecule has 3 rings (SSSR count). The first-order valence-electron chi connectivity index (χ1n) is 10.2. The van der Waals surface area contributed by atoms with Gasteiger partial charge in [0.1, 0.15) is 0 Å². The molecule has 5 nitrogen and oxygen atoms in total. The summed E-state index contributed by atoms with van der Waals surface area (Å²) in [5.41, 5.74) is 1.58. The molecule has 6 heteroatoms. The topological polar surface area (TPSA) is 56.7 Å². The molecule has 1 amide bonds. The fraction of sp³-hybridized carbons (Fsp3) is 0.619.